The number of dihydropyridines is 1. The Morgan fingerprint density at radius 1 is 1.14 bits per heavy atom. The maximum atomic E-state index is 13.1. The van der Waals surface area contributed by atoms with Crippen LogP contribution in [-0.4, -0.2) is 27.1 Å². The Hall–Kier alpha value is -3.14. The van der Waals surface area contributed by atoms with E-state index in [0.29, 0.717) is 46.8 Å². The zero-order valence-electron chi connectivity index (χ0n) is 16.8. The molecule has 0 aromatic heterocycles. The number of nitrogens with one attached hydrogen (secondary N) is 1. The van der Waals surface area contributed by atoms with E-state index >= 15 is 0 Å². The fraction of sp³-hybridized carbons (Fsp3) is 0.429. The molecule has 1 aromatic rings. The predicted molar refractivity (Wildman–Crippen MR) is 104 cm³/mol. The number of Topliss-reactive ketones (excluding diaryl/α,β-unsaturated/α-hetero) is 1. The number of ether oxygens (including phenoxy) is 3. The third-order valence-corrected chi connectivity index (χ3v) is 5.21. The van der Waals surface area contributed by atoms with Crippen molar-refractivity contribution in [3.63, 3.8) is 0 Å². The first-order valence-corrected chi connectivity index (χ1v) is 8.99. The number of nitrogens with zero attached hydrogens (tertiary/aromatic N) is 1. The number of methoxy groups -OCH3 is 3. The minimum Gasteiger partial charge on any atom is -0.493 e. The first-order valence-electron chi connectivity index (χ1n) is 8.99. The molecule has 0 bridgehead atoms. The highest BCUT2D eigenvalue weighted by Crippen LogP contribution is 2.48. The maximum Gasteiger partial charge on any atom is 0.203 e. The molecule has 1 atom stereocenters. The molecule has 2 aliphatic rings. The molecule has 28 heavy (non-hydrogen) atoms. The monoisotopic (exact) mass is 383 g/mol. The lowest BCUT2D eigenvalue weighted by Crippen LogP contribution is -2.39. The van der Waals surface area contributed by atoms with E-state index in [2.05, 4.69) is 11.4 Å². The van der Waals surface area contributed by atoms with Gasteiger partial charge in [0.05, 0.1) is 38.9 Å². The fourth-order valence-corrected chi connectivity index (χ4v) is 4.04. The van der Waals surface area contributed by atoms with Crippen LogP contribution in [-0.2, 0) is 4.79 Å². The number of hydrogen-bond donors (Lipinski definition) is 2. The van der Waals surface area contributed by atoms with Gasteiger partial charge >= 0.3 is 0 Å². The van der Waals surface area contributed by atoms with E-state index < -0.39 is 5.92 Å². The van der Waals surface area contributed by atoms with Gasteiger partial charge in [0, 0.05) is 17.7 Å². The summed E-state index contributed by atoms with van der Waals surface area (Å²) in [4.78, 5) is 13.1. The van der Waals surface area contributed by atoms with Crippen molar-refractivity contribution >= 4 is 5.78 Å². The zero-order chi connectivity index (χ0) is 20.6. The molecule has 7 heteroatoms. The predicted octanol–water partition coefficient (Wildman–Crippen LogP) is 2.74. The average Bonchev–Trinajstić information content (AvgIpc) is 2.64. The van der Waals surface area contributed by atoms with E-state index in [1.807, 2.05) is 13.8 Å². The minimum atomic E-state index is -0.585. The van der Waals surface area contributed by atoms with Crippen LogP contribution in [0.4, 0.5) is 0 Å². The molecular formula is C21H25N3O4. The number of hydrogen-bond acceptors (Lipinski definition) is 7. The van der Waals surface area contributed by atoms with E-state index in [0.717, 1.165) is 5.70 Å². The average molecular weight is 383 g/mol. The van der Waals surface area contributed by atoms with Crippen molar-refractivity contribution in [2.45, 2.75) is 32.6 Å². The SMILES string of the molecule is COc1cc(C2C(C#N)=C(N)NC3=C2C(=O)CC(C)(C)C3)cc(OC)c1OC. The topological polar surface area (TPSA) is 107 Å². The van der Waals surface area contributed by atoms with Crippen LogP contribution in [0.15, 0.2) is 34.8 Å². The zero-order valence-corrected chi connectivity index (χ0v) is 16.8. The van der Waals surface area contributed by atoms with Crippen LogP contribution in [0.5, 0.6) is 17.2 Å². The molecule has 3 rings (SSSR count). The summed E-state index contributed by atoms with van der Waals surface area (Å²) in [5, 5.41) is 12.9. The highest BCUT2D eigenvalue weighted by Gasteiger charge is 2.41. The van der Waals surface area contributed by atoms with Crippen LogP contribution in [0.1, 0.15) is 38.2 Å². The van der Waals surface area contributed by atoms with E-state index in [4.69, 9.17) is 19.9 Å². The number of rotatable bonds is 4. The van der Waals surface area contributed by atoms with E-state index in [1.165, 1.54) is 21.3 Å². The van der Waals surface area contributed by atoms with Crippen molar-refractivity contribution in [2.24, 2.45) is 11.1 Å². The molecule has 7 nitrogen and oxygen atoms in total. The standard InChI is InChI=1S/C21H25N3O4/c1-21(2)8-13-18(14(25)9-21)17(12(10-22)20(23)24-13)11-6-15(26-3)19(28-5)16(7-11)27-4/h6-7,17,24H,8-9,23H2,1-5H3. The molecule has 1 heterocycles. The first-order chi connectivity index (χ1) is 13.3. The van der Waals surface area contributed by atoms with Gasteiger partial charge < -0.3 is 25.3 Å². The lowest BCUT2D eigenvalue weighted by molar-refractivity contribution is -0.118. The molecule has 0 amide bonds. The van der Waals surface area contributed by atoms with Gasteiger partial charge in [0.1, 0.15) is 5.82 Å². The summed E-state index contributed by atoms with van der Waals surface area (Å²) in [7, 11) is 4.58. The fourth-order valence-electron chi connectivity index (χ4n) is 4.04. The van der Waals surface area contributed by atoms with Gasteiger partial charge in [0.15, 0.2) is 17.3 Å². The van der Waals surface area contributed by atoms with Gasteiger partial charge in [-0.05, 0) is 29.5 Å². The summed E-state index contributed by atoms with van der Waals surface area (Å²) in [6.07, 6.45) is 1.08. The van der Waals surface area contributed by atoms with E-state index in [9.17, 15) is 10.1 Å². The molecule has 1 aliphatic heterocycles. The molecule has 3 N–H and O–H groups in total. The number of carbonyl (C=O) groups is 1. The van der Waals surface area contributed by atoms with E-state index in [1.54, 1.807) is 12.1 Å². The molecule has 0 fully saturated rings. The summed E-state index contributed by atoms with van der Waals surface area (Å²) in [5.41, 5.74) is 8.35. The molecule has 1 unspecified atom stereocenters. The van der Waals surface area contributed by atoms with Gasteiger partial charge in [-0.1, -0.05) is 13.8 Å². The van der Waals surface area contributed by atoms with E-state index in [-0.39, 0.29) is 17.0 Å². The minimum absolute atomic E-state index is 0.0118. The third kappa shape index (κ3) is 3.15. The Labute approximate surface area is 164 Å². The number of nitriles is 1. The first kappa shape index (κ1) is 19.6. The van der Waals surface area contributed by atoms with Crippen LogP contribution in [0.3, 0.4) is 0 Å². The molecule has 0 saturated heterocycles. The number of ketones is 1. The number of allylic oxidation sites excluding steroid dienone is 3. The molecule has 0 radical (unpaired) electrons. The summed E-state index contributed by atoms with van der Waals surface area (Å²) in [6.45, 7) is 4.09. The maximum absolute atomic E-state index is 13.1. The summed E-state index contributed by atoms with van der Waals surface area (Å²) in [5.74, 6) is 1.05. The van der Waals surface area contributed by atoms with Crippen molar-refractivity contribution in [1.82, 2.24) is 5.32 Å². The highest BCUT2D eigenvalue weighted by molar-refractivity contribution is 6.00. The van der Waals surface area contributed by atoms with Crippen LogP contribution in [0.25, 0.3) is 0 Å². The van der Waals surface area contributed by atoms with Crippen molar-refractivity contribution < 1.29 is 19.0 Å². The third-order valence-electron chi connectivity index (χ3n) is 5.21. The highest BCUT2D eigenvalue weighted by atomic mass is 16.5. The number of carbonyl (C=O) groups excluding carboxylic acids is 1. The Balaban J connectivity index is 2.25. The molecule has 0 saturated carbocycles. The quantitative estimate of drug-likeness (QED) is 0.823. The van der Waals surface area contributed by atoms with Gasteiger partial charge in [-0.3, -0.25) is 4.79 Å². The summed E-state index contributed by atoms with van der Waals surface area (Å²) in [6, 6.07) is 5.70. The normalized spacial score (nSPS) is 20.9. The van der Waals surface area contributed by atoms with Crippen LogP contribution < -0.4 is 25.3 Å². The van der Waals surface area contributed by atoms with Crippen LogP contribution in [0.2, 0.25) is 0 Å². The molecule has 148 valence electrons. The Bertz CT molecular complexity index is 912. The number of nitrogens with two attached hydrogens (primary N) is 1. The van der Waals surface area contributed by atoms with Gasteiger partial charge in [-0.25, -0.2) is 0 Å². The molecule has 1 aromatic carbocycles. The van der Waals surface area contributed by atoms with Crippen LogP contribution in [0, 0.1) is 16.7 Å². The second kappa shape index (κ2) is 7.12. The van der Waals surface area contributed by atoms with Gasteiger partial charge in [-0.2, -0.15) is 5.26 Å². The summed E-state index contributed by atoms with van der Waals surface area (Å²) < 4.78 is 16.3. The summed E-state index contributed by atoms with van der Waals surface area (Å²) >= 11 is 0. The van der Waals surface area contributed by atoms with Crippen molar-refractivity contribution in [2.75, 3.05) is 21.3 Å². The van der Waals surface area contributed by atoms with Crippen molar-refractivity contribution in [3.05, 3.63) is 40.4 Å². The van der Waals surface area contributed by atoms with Gasteiger partial charge in [-0.15, -0.1) is 0 Å². The Kier molecular flexibility index (Phi) is 4.99. The second-order valence-corrected chi connectivity index (χ2v) is 7.79. The van der Waals surface area contributed by atoms with Crippen molar-refractivity contribution in [3.8, 4) is 23.3 Å². The molecular weight excluding hydrogens is 358 g/mol. The molecule has 1 aliphatic carbocycles. The lowest BCUT2D eigenvalue weighted by atomic mass is 9.69. The van der Waals surface area contributed by atoms with Crippen molar-refractivity contribution in [1.29, 1.82) is 5.26 Å². The van der Waals surface area contributed by atoms with Gasteiger partial charge in [0.25, 0.3) is 0 Å². The van der Waals surface area contributed by atoms with Crippen LogP contribution >= 0.6 is 0 Å². The smallest absolute Gasteiger partial charge is 0.203 e. The number of benzene rings is 1. The van der Waals surface area contributed by atoms with Gasteiger partial charge in [0.2, 0.25) is 5.75 Å². The lowest BCUT2D eigenvalue weighted by Gasteiger charge is -2.38. The largest absolute Gasteiger partial charge is 0.493 e. The Morgan fingerprint density at radius 3 is 2.25 bits per heavy atom. The second-order valence-electron chi connectivity index (χ2n) is 7.79. The molecule has 0 spiro atoms. The Morgan fingerprint density at radius 2 is 1.75 bits per heavy atom.